The molecule has 140 valence electrons. The van der Waals surface area contributed by atoms with Crippen molar-refractivity contribution in [1.29, 1.82) is 0 Å². The number of fused-ring (bicyclic) bond motifs is 1. The van der Waals surface area contributed by atoms with E-state index in [1.807, 2.05) is 37.3 Å². The van der Waals surface area contributed by atoms with Gasteiger partial charge in [-0.15, -0.1) is 0 Å². The molecule has 0 spiro atoms. The fourth-order valence-corrected chi connectivity index (χ4v) is 3.06. The molecule has 5 heteroatoms. The van der Waals surface area contributed by atoms with E-state index in [1.54, 1.807) is 6.07 Å². The van der Waals surface area contributed by atoms with E-state index in [0.29, 0.717) is 11.0 Å². The summed E-state index contributed by atoms with van der Waals surface area (Å²) in [4.78, 5) is 28.8. The zero-order valence-corrected chi connectivity index (χ0v) is 16.2. The number of hydrogen-bond donors (Lipinski definition) is 1. The van der Waals surface area contributed by atoms with Crippen LogP contribution in [0.2, 0.25) is 0 Å². The molecule has 1 N–H and O–H groups in total. The van der Waals surface area contributed by atoms with Crippen molar-refractivity contribution in [2.75, 3.05) is 0 Å². The van der Waals surface area contributed by atoms with Crippen molar-refractivity contribution in [1.82, 2.24) is 14.9 Å². The monoisotopic (exact) mass is 363 g/mol. The lowest BCUT2D eigenvalue weighted by atomic mass is 9.86. The molecule has 0 radical (unpaired) electrons. The summed E-state index contributed by atoms with van der Waals surface area (Å²) in [5, 5.41) is 2.98. The van der Waals surface area contributed by atoms with Crippen molar-refractivity contribution in [3.05, 3.63) is 76.2 Å². The summed E-state index contributed by atoms with van der Waals surface area (Å²) in [5.41, 5.74) is 3.43. The second-order valence-corrected chi connectivity index (χ2v) is 7.83. The molecule has 2 aromatic carbocycles. The molecule has 3 aromatic rings. The summed E-state index contributed by atoms with van der Waals surface area (Å²) in [6.07, 6.45) is 1.25. The molecule has 0 saturated heterocycles. The number of nitrogens with zero attached hydrogens (tertiary/aromatic N) is 2. The van der Waals surface area contributed by atoms with Crippen LogP contribution < -0.4 is 10.9 Å². The largest absolute Gasteiger partial charge is 0.348 e. The fraction of sp³-hybridized carbons (Fsp3) is 0.318. The molecule has 5 nitrogen and oxygen atoms in total. The molecular weight excluding hydrogens is 338 g/mol. The maximum Gasteiger partial charge on any atom is 0.269 e. The minimum Gasteiger partial charge on any atom is -0.348 e. The first-order chi connectivity index (χ1) is 12.8. The number of amides is 1. The lowest BCUT2D eigenvalue weighted by molar-refractivity contribution is -0.122. The van der Waals surface area contributed by atoms with Crippen molar-refractivity contribution in [2.24, 2.45) is 0 Å². The average Bonchev–Trinajstić information content (AvgIpc) is 2.63. The second-order valence-electron chi connectivity index (χ2n) is 7.83. The van der Waals surface area contributed by atoms with Gasteiger partial charge in [0, 0.05) is 0 Å². The smallest absolute Gasteiger partial charge is 0.269 e. The van der Waals surface area contributed by atoms with Gasteiger partial charge in [-0.05, 0) is 35.6 Å². The van der Waals surface area contributed by atoms with Gasteiger partial charge in [-0.25, -0.2) is 4.98 Å². The molecule has 1 heterocycles. The summed E-state index contributed by atoms with van der Waals surface area (Å²) in [6.45, 7) is 8.42. The number of aromatic nitrogens is 2. The minimum atomic E-state index is -0.286. The number of hydrogen-bond acceptors (Lipinski definition) is 3. The van der Waals surface area contributed by atoms with Gasteiger partial charge < -0.3 is 5.32 Å². The number of para-hydroxylation sites is 2. The fourth-order valence-electron chi connectivity index (χ4n) is 3.06. The molecule has 1 aromatic heterocycles. The summed E-state index contributed by atoms with van der Waals surface area (Å²) in [6, 6.07) is 15.4. The Balaban J connectivity index is 1.75. The zero-order valence-electron chi connectivity index (χ0n) is 16.2. The molecule has 1 atom stereocenters. The molecule has 3 rings (SSSR count). The maximum absolute atomic E-state index is 12.5. The first-order valence-corrected chi connectivity index (χ1v) is 9.10. The molecule has 0 bridgehead atoms. The van der Waals surface area contributed by atoms with Gasteiger partial charge in [-0.1, -0.05) is 57.2 Å². The van der Waals surface area contributed by atoms with Crippen molar-refractivity contribution >= 4 is 16.9 Å². The van der Waals surface area contributed by atoms with Gasteiger partial charge in [0.25, 0.3) is 5.56 Å². The molecule has 0 aliphatic carbocycles. The van der Waals surface area contributed by atoms with Gasteiger partial charge in [-0.3, -0.25) is 14.2 Å². The lowest BCUT2D eigenvalue weighted by Gasteiger charge is -2.21. The summed E-state index contributed by atoms with van der Waals surface area (Å²) in [5.74, 6) is -0.208. The highest BCUT2D eigenvalue weighted by atomic mass is 16.2. The Hall–Kier alpha value is -2.95. The second kappa shape index (κ2) is 7.35. The maximum atomic E-state index is 12.5. The van der Waals surface area contributed by atoms with E-state index in [9.17, 15) is 9.59 Å². The first kappa shape index (κ1) is 18.8. The van der Waals surface area contributed by atoms with E-state index in [0.717, 1.165) is 5.56 Å². The summed E-state index contributed by atoms with van der Waals surface area (Å²) >= 11 is 0. The standard InChI is InChI=1S/C22H25N3O2/c1-15(16-9-11-17(12-10-16)22(2,3)4)24-20(26)14-25-19-8-6-5-7-18(19)23-13-21(25)27/h5-13,15H,14H2,1-4H3,(H,24,26). The molecule has 1 amide bonds. The van der Waals surface area contributed by atoms with E-state index in [1.165, 1.54) is 16.3 Å². The molecule has 1 unspecified atom stereocenters. The van der Waals surface area contributed by atoms with Gasteiger partial charge in [0.2, 0.25) is 5.91 Å². The van der Waals surface area contributed by atoms with Crippen molar-refractivity contribution in [3.63, 3.8) is 0 Å². The quantitative estimate of drug-likeness (QED) is 0.771. The molecule has 27 heavy (non-hydrogen) atoms. The molecule has 0 saturated carbocycles. The van der Waals surface area contributed by atoms with Crippen LogP contribution >= 0.6 is 0 Å². The summed E-state index contributed by atoms with van der Waals surface area (Å²) in [7, 11) is 0. The number of carbonyl (C=O) groups excluding carboxylic acids is 1. The SMILES string of the molecule is CC(NC(=O)Cn1c(=O)cnc2ccccc21)c1ccc(C(C)(C)C)cc1. The number of carbonyl (C=O) groups is 1. The van der Waals surface area contributed by atoms with Crippen LogP contribution in [0, 0.1) is 0 Å². The zero-order chi connectivity index (χ0) is 19.6. The van der Waals surface area contributed by atoms with Crippen LogP contribution in [-0.4, -0.2) is 15.5 Å². The Morgan fingerprint density at radius 3 is 2.44 bits per heavy atom. The van der Waals surface area contributed by atoms with E-state index in [4.69, 9.17) is 0 Å². The number of rotatable bonds is 4. The third kappa shape index (κ3) is 4.25. The Kier molecular flexibility index (Phi) is 5.13. The highest BCUT2D eigenvalue weighted by molar-refractivity contribution is 5.80. The Morgan fingerprint density at radius 1 is 1.11 bits per heavy atom. The highest BCUT2D eigenvalue weighted by Gasteiger charge is 2.16. The van der Waals surface area contributed by atoms with Crippen LogP contribution in [0.4, 0.5) is 0 Å². The first-order valence-electron chi connectivity index (χ1n) is 9.10. The van der Waals surface area contributed by atoms with Gasteiger partial charge >= 0.3 is 0 Å². The topological polar surface area (TPSA) is 64.0 Å². The van der Waals surface area contributed by atoms with Gasteiger partial charge in [0.15, 0.2) is 0 Å². The van der Waals surface area contributed by atoms with Gasteiger partial charge in [-0.2, -0.15) is 0 Å². The van der Waals surface area contributed by atoms with Crippen LogP contribution in [0.5, 0.6) is 0 Å². The van der Waals surface area contributed by atoms with Crippen LogP contribution in [0.15, 0.2) is 59.5 Å². The summed E-state index contributed by atoms with van der Waals surface area (Å²) < 4.78 is 1.45. The Bertz CT molecular complexity index is 1010. The van der Waals surface area contributed by atoms with Crippen molar-refractivity contribution in [3.8, 4) is 0 Å². The van der Waals surface area contributed by atoms with E-state index in [-0.39, 0.29) is 29.5 Å². The average molecular weight is 363 g/mol. The van der Waals surface area contributed by atoms with Crippen LogP contribution in [0.3, 0.4) is 0 Å². The normalized spacial score (nSPS) is 12.7. The van der Waals surface area contributed by atoms with Crippen molar-refractivity contribution < 1.29 is 4.79 Å². The van der Waals surface area contributed by atoms with Crippen molar-refractivity contribution in [2.45, 2.75) is 45.7 Å². The Labute approximate surface area is 159 Å². The lowest BCUT2D eigenvalue weighted by Crippen LogP contribution is -2.34. The molecule has 0 fully saturated rings. The highest BCUT2D eigenvalue weighted by Crippen LogP contribution is 2.23. The van der Waals surface area contributed by atoms with Crippen LogP contribution in [-0.2, 0) is 16.8 Å². The minimum absolute atomic E-state index is 0.0354. The molecule has 0 aliphatic heterocycles. The van der Waals surface area contributed by atoms with E-state index >= 15 is 0 Å². The van der Waals surface area contributed by atoms with Crippen LogP contribution in [0.25, 0.3) is 11.0 Å². The molecular formula is C22H25N3O2. The van der Waals surface area contributed by atoms with Gasteiger partial charge in [0.05, 0.1) is 23.3 Å². The van der Waals surface area contributed by atoms with Crippen LogP contribution in [0.1, 0.15) is 44.9 Å². The number of benzene rings is 2. The number of nitrogens with one attached hydrogen (secondary N) is 1. The van der Waals surface area contributed by atoms with Gasteiger partial charge in [0.1, 0.15) is 6.54 Å². The third-order valence-corrected chi connectivity index (χ3v) is 4.71. The third-order valence-electron chi connectivity index (χ3n) is 4.71. The molecule has 0 aliphatic rings. The predicted molar refractivity (Wildman–Crippen MR) is 108 cm³/mol. The van der Waals surface area contributed by atoms with E-state index in [2.05, 4.69) is 43.2 Å². The Morgan fingerprint density at radius 2 is 1.78 bits per heavy atom. The predicted octanol–water partition coefficient (Wildman–Crippen LogP) is 3.57. The van der Waals surface area contributed by atoms with E-state index < -0.39 is 0 Å².